The molecule has 2 aromatic heterocycles. The van der Waals surface area contributed by atoms with Crippen LogP contribution in [0.25, 0.3) is 10.9 Å². The molecule has 0 saturated carbocycles. The SMILES string of the molecule is CC(=O)N[C@@H]1CCN(c2cc3c(N[C@H](C)c4cc(F)ccc4F)nc(C)nc3cn2)C1. The number of amides is 1. The third-order valence-electron chi connectivity index (χ3n) is 5.38. The fourth-order valence-corrected chi connectivity index (χ4v) is 3.92. The number of nitrogens with one attached hydrogen (secondary N) is 2. The van der Waals surface area contributed by atoms with Crippen LogP contribution in [0.3, 0.4) is 0 Å². The fraction of sp³-hybridized carbons (Fsp3) is 0.364. The molecule has 0 aliphatic carbocycles. The van der Waals surface area contributed by atoms with E-state index in [9.17, 15) is 13.6 Å². The number of hydrogen-bond acceptors (Lipinski definition) is 6. The molecule has 4 rings (SSSR count). The Labute approximate surface area is 178 Å². The highest BCUT2D eigenvalue weighted by molar-refractivity contribution is 5.90. The van der Waals surface area contributed by atoms with Crippen molar-refractivity contribution in [3.8, 4) is 0 Å². The number of pyridine rings is 1. The summed E-state index contributed by atoms with van der Waals surface area (Å²) in [5, 5.41) is 6.88. The van der Waals surface area contributed by atoms with E-state index in [2.05, 4.69) is 30.5 Å². The summed E-state index contributed by atoms with van der Waals surface area (Å²) in [4.78, 5) is 26.9. The summed E-state index contributed by atoms with van der Waals surface area (Å²) >= 11 is 0. The highest BCUT2D eigenvalue weighted by Gasteiger charge is 2.25. The summed E-state index contributed by atoms with van der Waals surface area (Å²) in [7, 11) is 0. The molecule has 0 bridgehead atoms. The largest absolute Gasteiger partial charge is 0.363 e. The van der Waals surface area contributed by atoms with Gasteiger partial charge in [-0.2, -0.15) is 0 Å². The second-order valence-corrected chi connectivity index (χ2v) is 7.84. The summed E-state index contributed by atoms with van der Waals surface area (Å²) in [6, 6.07) is 4.86. The van der Waals surface area contributed by atoms with Crippen molar-refractivity contribution >= 4 is 28.4 Å². The normalized spacial score (nSPS) is 17.1. The van der Waals surface area contributed by atoms with Gasteiger partial charge in [0.25, 0.3) is 0 Å². The molecule has 0 radical (unpaired) electrons. The van der Waals surface area contributed by atoms with E-state index < -0.39 is 17.7 Å². The Bertz CT molecular complexity index is 1140. The van der Waals surface area contributed by atoms with Crippen LogP contribution in [-0.4, -0.2) is 40.0 Å². The second kappa shape index (κ2) is 8.41. The van der Waals surface area contributed by atoms with Crippen LogP contribution in [-0.2, 0) is 4.79 Å². The van der Waals surface area contributed by atoms with E-state index >= 15 is 0 Å². The summed E-state index contributed by atoms with van der Waals surface area (Å²) in [6.07, 6.45) is 2.52. The molecule has 162 valence electrons. The monoisotopic (exact) mass is 426 g/mol. The van der Waals surface area contributed by atoms with E-state index in [1.54, 1.807) is 20.0 Å². The summed E-state index contributed by atoms with van der Waals surface area (Å²) in [5.74, 6) is 0.791. The van der Waals surface area contributed by atoms with Gasteiger partial charge in [0.2, 0.25) is 5.91 Å². The van der Waals surface area contributed by atoms with E-state index in [4.69, 9.17) is 0 Å². The van der Waals surface area contributed by atoms with Crippen molar-refractivity contribution in [2.75, 3.05) is 23.3 Å². The third kappa shape index (κ3) is 4.55. The third-order valence-corrected chi connectivity index (χ3v) is 5.38. The maximum Gasteiger partial charge on any atom is 0.217 e. The molecule has 1 aromatic carbocycles. The molecule has 1 aliphatic heterocycles. The van der Waals surface area contributed by atoms with Crippen molar-refractivity contribution in [3.05, 3.63) is 53.5 Å². The minimum absolute atomic E-state index is 0.0488. The van der Waals surface area contributed by atoms with Gasteiger partial charge in [-0.3, -0.25) is 4.79 Å². The van der Waals surface area contributed by atoms with Gasteiger partial charge < -0.3 is 15.5 Å². The van der Waals surface area contributed by atoms with Gasteiger partial charge in [0.1, 0.15) is 29.1 Å². The van der Waals surface area contributed by atoms with Crippen molar-refractivity contribution < 1.29 is 13.6 Å². The molecule has 3 heterocycles. The van der Waals surface area contributed by atoms with Gasteiger partial charge in [-0.15, -0.1) is 0 Å². The summed E-state index contributed by atoms with van der Waals surface area (Å²) < 4.78 is 27.9. The standard InChI is InChI=1S/C22H24F2N6O/c1-12(17-8-15(23)4-5-19(17)24)26-22-18-9-21(25-10-20(18)27-13(2)28-22)30-7-6-16(11-30)29-14(3)31/h4-5,8-10,12,16H,6-7,11H2,1-3H3,(H,29,31)(H,26,27,28)/t12-,16-/m1/s1. The highest BCUT2D eigenvalue weighted by Crippen LogP contribution is 2.29. The first-order valence-corrected chi connectivity index (χ1v) is 10.2. The molecule has 31 heavy (non-hydrogen) atoms. The molecule has 7 nitrogen and oxygen atoms in total. The van der Waals surface area contributed by atoms with Crippen LogP contribution < -0.4 is 15.5 Å². The number of nitrogens with zero attached hydrogens (tertiary/aromatic N) is 4. The molecule has 0 unspecified atom stereocenters. The second-order valence-electron chi connectivity index (χ2n) is 7.84. The van der Waals surface area contributed by atoms with Gasteiger partial charge in [-0.25, -0.2) is 23.7 Å². The number of benzene rings is 1. The Hall–Kier alpha value is -3.36. The lowest BCUT2D eigenvalue weighted by Crippen LogP contribution is -2.35. The van der Waals surface area contributed by atoms with Crippen LogP contribution in [0.5, 0.6) is 0 Å². The van der Waals surface area contributed by atoms with E-state index in [-0.39, 0.29) is 17.5 Å². The first-order valence-electron chi connectivity index (χ1n) is 10.2. The number of aryl methyl sites for hydroxylation is 1. The van der Waals surface area contributed by atoms with E-state index in [0.717, 1.165) is 36.3 Å². The van der Waals surface area contributed by atoms with Crippen LogP contribution in [0.2, 0.25) is 0 Å². The van der Waals surface area contributed by atoms with Gasteiger partial charge in [-0.05, 0) is 44.5 Å². The lowest BCUT2D eigenvalue weighted by molar-refractivity contribution is -0.119. The number of fused-ring (bicyclic) bond motifs is 1. The first-order chi connectivity index (χ1) is 14.8. The predicted molar refractivity (Wildman–Crippen MR) is 115 cm³/mol. The topological polar surface area (TPSA) is 83.0 Å². The molecule has 9 heteroatoms. The molecule has 2 N–H and O–H groups in total. The Morgan fingerprint density at radius 2 is 2.06 bits per heavy atom. The lowest BCUT2D eigenvalue weighted by Gasteiger charge is -2.20. The number of rotatable bonds is 5. The molecular weight excluding hydrogens is 402 g/mol. The molecule has 1 fully saturated rings. The Balaban J connectivity index is 1.65. The van der Waals surface area contributed by atoms with Crippen molar-refractivity contribution in [1.82, 2.24) is 20.3 Å². The maximum absolute atomic E-state index is 14.2. The van der Waals surface area contributed by atoms with Gasteiger partial charge in [0.15, 0.2) is 0 Å². The molecular formula is C22H24F2N6O. The highest BCUT2D eigenvalue weighted by atomic mass is 19.1. The molecule has 1 saturated heterocycles. The number of halogens is 2. The summed E-state index contributed by atoms with van der Waals surface area (Å²) in [6.45, 7) is 6.46. The average Bonchev–Trinajstić information content (AvgIpc) is 3.17. The molecule has 1 amide bonds. The smallest absolute Gasteiger partial charge is 0.217 e. The van der Waals surface area contributed by atoms with Gasteiger partial charge in [0.05, 0.1) is 17.8 Å². The first kappa shape index (κ1) is 20.9. The Morgan fingerprint density at radius 1 is 1.26 bits per heavy atom. The van der Waals surface area contributed by atoms with Crippen LogP contribution in [0, 0.1) is 18.6 Å². The van der Waals surface area contributed by atoms with E-state index in [1.165, 1.54) is 13.0 Å². The van der Waals surface area contributed by atoms with Crippen molar-refractivity contribution in [1.29, 1.82) is 0 Å². The zero-order chi connectivity index (χ0) is 22.1. The fourth-order valence-electron chi connectivity index (χ4n) is 3.92. The zero-order valence-electron chi connectivity index (χ0n) is 17.6. The molecule has 0 spiro atoms. The lowest BCUT2D eigenvalue weighted by atomic mass is 10.1. The minimum atomic E-state index is -0.513. The van der Waals surface area contributed by atoms with Crippen molar-refractivity contribution in [3.63, 3.8) is 0 Å². The van der Waals surface area contributed by atoms with Crippen molar-refractivity contribution in [2.45, 2.75) is 39.3 Å². The van der Waals surface area contributed by atoms with Crippen LogP contribution in [0.4, 0.5) is 20.4 Å². The number of aromatic nitrogens is 3. The Kier molecular flexibility index (Phi) is 5.67. The average molecular weight is 426 g/mol. The number of anilines is 2. The minimum Gasteiger partial charge on any atom is -0.363 e. The Morgan fingerprint density at radius 3 is 2.84 bits per heavy atom. The number of hydrogen-bond donors (Lipinski definition) is 2. The van der Waals surface area contributed by atoms with E-state index in [0.29, 0.717) is 23.7 Å². The quantitative estimate of drug-likeness (QED) is 0.650. The predicted octanol–water partition coefficient (Wildman–Crippen LogP) is 3.50. The number of carbonyl (C=O) groups is 1. The van der Waals surface area contributed by atoms with Crippen LogP contribution >= 0.6 is 0 Å². The molecule has 2 atom stereocenters. The number of carbonyl (C=O) groups excluding carboxylic acids is 1. The van der Waals surface area contributed by atoms with E-state index in [1.807, 2.05) is 6.07 Å². The molecule has 3 aromatic rings. The van der Waals surface area contributed by atoms with Crippen LogP contribution in [0.15, 0.2) is 30.5 Å². The van der Waals surface area contributed by atoms with Gasteiger partial charge in [-0.1, -0.05) is 0 Å². The molecule has 1 aliphatic rings. The van der Waals surface area contributed by atoms with Gasteiger partial charge in [0, 0.05) is 37.0 Å². The zero-order valence-corrected chi connectivity index (χ0v) is 17.6. The summed E-state index contributed by atoms with van der Waals surface area (Å²) in [5.41, 5.74) is 0.875. The maximum atomic E-state index is 14.2. The van der Waals surface area contributed by atoms with Crippen LogP contribution in [0.1, 0.15) is 37.7 Å². The van der Waals surface area contributed by atoms with Crippen molar-refractivity contribution in [2.24, 2.45) is 0 Å². The van der Waals surface area contributed by atoms with Gasteiger partial charge >= 0.3 is 0 Å².